The SMILES string of the molecule is CCCCn1c(SCC(=O)NCc2cccc(OC)c2)nc2c(sc3ncccc32)c1=O. The molecule has 0 radical (unpaired) electrons. The van der Waals surface area contributed by atoms with Gasteiger partial charge in [0.25, 0.3) is 5.56 Å². The zero-order valence-electron chi connectivity index (χ0n) is 18.0. The number of pyridine rings is 1. The third-order valence-corrected chi connectivity index (χ3v) is 7.08. The molecular formula is C23H24N4O3S2. The Balaban J connectivity index is 1.54. The van der Waals surface area contributed by atoms with Crippen LogP contribution in [0, 0.1) is 0 Å². The Morgan fingerprint density at radius 3 is 2.97 bits per heavy atom. The summed E-state index contributed by atoms with van der Waals surface area (Å²) in [4.78, 5) is 35.7. The molecular weight excluding hydrogens is 444 g/mol. The van der Waals surface area contributed by atoms with Crippen molar-refractivity contribution in [3.63, 3.8) is 0 Å². The van der Waals surface area contributed by atoms with Crippen molar-refractivity contribution in [2.75, 3.05) is 12.9 Å². The number of methoxy groups -OCH3 is 1. The van der Waals surface area contributed by atoms with Gasteiger partial charge in [0.1, 0.15) is 15.3 Å². The van der Waals surface area contributed by atoms with Crippen molar-refractivity contribution in [1.82, 2.24) is 19.9 Å². The summed E-state index contributed by atoms with van der Waals surface area (Å²) in [5.41, 5.74) is 1.56. The van der Waals surface area contributed by atoms with Gasteiger partial charge in [0.05, 0.1) is 18.4 Å². The zero-order chi connectivity index (χ0) is 22.5. The second kappa shape index (κ2) is 10.1. The number of thioether (sulfide) groups is 1. The molecule has 7 nitrogen and oxygen atoms in total. The van der Waals surface area contributed by atoms with Gasteiger partial charge in [-0.1, -0.05) is 37.2 Å². The first-order valence-electron chi connectivity index (χ1n) is 10.4. The molecule has 0 aliphatic rings. The maximum absolute atomic E-state index is 13.2. The van der Waals surface area contributed by atoms with Crippen molar-refractivity contribution < 1.29 is 9.53 Å². The van der Waals surface area contributed by atoms with Crippen LogP contribution in [0.25, 0.3) is 20.4 Å². The Morgan fingerprint density at radius 2 is 2.16 bits per heavy atom. The molecule has 32 heavy (non-hydrogen) atoms. The largest absolute Gasteiger partial charge is 0.497 e. The summed E-state index contributed by atoms with van der Waals surface area (Å²) in [7, 11) is 1.61. The predicted molar refractivity (Wildman–Crippen MR) is 130 cm³/mol. The maximum Gasteiger partial charge on any atom is 0.272 e. The van der Waals surface area contributed by atoms with Gasteiger partial charge in [-0.2, -0.15) is 0 Å². The number of hydrogen-bond donors (Lipinski definition) is 1. The van der Waals surface area contributed by atoms with E-state index in [1.807, 2.05) is 36.4 Å². The average Bonchev–Trinajstić information content (AvgIpc) is 3.20. The molecule has 4 rings (SSSR count). The van der Waals surface area contributed by atoms with Crippen molar-refractivity contribution in [2.45, 2.75) is 38.0 Å². The van der Waals surface area contributed by atoms with Crippen LogP contribution in [0.1, 0.15) is 25.3 Å². The molecule has 3 heterocycles. The molecule has 0 saturated heterocycles. The highest BCUT2D eigenvalue weighted by molar-refractivity contribution is 7.99. The molecule has 0 fully saturated rings. The van der Waals surface area contributed by atoms with Crippen molar-refractivity contribution in [3.05, 3.63) is 58.5 Å². The van der Waals surface area contributed by atoms with Gasteiger partial charge in [-0.15, -0.1) is 11.3 Å². The molecule has 3 aromatic heterocycles. The molecule has 0 aliphatic carbocycles. The molecule has 1 aromatic carbocycles. The lowest BCUT2D eigenvalue weighted by Crippen LogP contribution is -2.26. The van der Waals surface area contributed by atoms with Gasteiger partial charge in [-0.3, -0.25) is 14.2 Å². The molecule has 4 aromatic rings. The number of benzene rings is 1. The van der Waals surface area contributed by atoms with Crippen LogP contribution in [-0.2, 0) is 17.9 Å². The lowest BCUT2D eigenvalue weighted by Gasteiger charge is -2.12. The summed E-state index contributed by atoms with van der Waals surface area (Å²) in [6.07, 6.45) is 3.55. The van der Waals surface area contributed by atoms with Crippen LogP contribution in [0.15, 0.2) is 52.5 Å². The quantitative estimate of drug-likeness (QED) is 0.292. The summed E-state index contributed by atoms with van der Waals surface area (Å²) in [5.74, 6) is 0.807. The minimum atomic E-state index is -0.119. The fraction of sp³-hybridized carbons (Fsp3) is 0.304. The van der Waals surface area contributed by atoms with E-state index in [4.69, 9.17) is 9.72 Å². The van der Waals surface area contributed by atoms with Crippen molar-refractivity contribution >= 4 is 49.4 Å². The van der Waals surface area contributed by atoms with Crippen molar-refractivity contribution in [2.24, 2.45) is 0 Å². The standard InChI is InChI=1S/C23H24N4O3S2/c1-3-4-11-27-22(29)20-19(17-9-6-10-24-21(17)32-20)26-23(27)31-14-18(28)25-13-15-7-5-8-16(12-15)30-2/h5-10,12H,3-4,11,13-14H2,1-2H3,(H,25,28). The molecule has 0 aliphatic heterocycles. The molecule has 166 valence electrons. The number of amides is 1. The van der Waals surface area contributed by atoms with E-state index in [0.717, 1.165) is 34.4 Å². The summed E-state index contributed by atoms with van der Waals surface area (Å²) in [5, 5.41) is 4.36. The maximum atomic E-state index is 13.2. The van der Waals surface area contributed by atoms with Gasteiger partial charge >= 0.3 is 0 Å². The first-order chi connectivity index (χ1) is 15.6. The van der Waals surface area contributed by atoms with Crippen LogP contribution >= 0.6 is 23.1 Å². The minimum Gasteiger partial charge on any atom is -0.497 e. The number of rotatable bonds is 9. The monoisotopic (exact) mass is 468 g/mol. The number of unbranched alkanes of at least 4 members (excludes halogenated alkanes) is 1. The van der Waals surface area contributed by atoms with E-state index in [2.05, 4.69) is 17.2 Å². The minimum absolute atomic E-state index is 0.0641. The van der Waals surface area contributed by atoms with Crippen molar-refractivity contribution in [1.29, 1.82) is 0 Å². The molecule has 0 unspecified atom stereocenters. The lowest BCUT2D eigenvalue weighted by molar-refractivity contribution is -0.118. The van der Waals surface area contributed by atoms with E-state index in [1.54, 1.807) is 17.9 Å². The zero-order valence-corrected chi connectivity index (χ0v) is 19.6. The van der Waals surface area contributed by atoms with Crippen LogP contribution in [0.4, 0.5) is 0 Å². The number of hydrogen-bond acceptors (Lipinski definition) is 7. The summed E-state index contributed by atoms with van der Waals surface area (Å²) < 4.78 is 7.53. The van der Waals surface area contributed by atoms with Gasteiger partial charge in [0.2, 0.25) is 5.91 Å². The van der Waals surface area contributed by atoms with Crippen LogP contribution in [-0.4, -0.2) is 33.3 Å². The Morgan fingerprint density at radius 1 is 1.28 bits per heavy atom. The Hall–Kier alpha value is -2.91. The van der Waals surface area contributed by atoms with Gasteiger partial charge in [0, 0.05) is 24.7 Å². The first kappa shape index (κ1) is 22.3. The van der Waals surface area contributed by atoms with E-state index < -0.39 is 0 Å². The normalized spacial score (nSPS) is 11.2. The number of carbonyl (C=O) groups is 1. The molecule has 1 N–H and O–H groups in total. The molecule has 0 atom stereocenters. The van der Waals surface area contributed by atoms with E-state index in [9.17, 15) is 9.59 Å². The molecule has 0 bridgehead atoms. The molecule has 0 saturated carbocycles. The summed E-state index contributed by atoms with van der Waals surface area (Å²) >= 11 is 2.66. The average molecular weight is 469 g/mol. The predicted octanol–water partition coefficient (Wildman–Crippen LogP) is 4.22. The van der Waals surface area contributed by atoms with Crippen LogP contribution in [0.3, 0.4) is 0 Å². The highest BCUT2D eigenvalue weighted by Crippen LogP contribution is 2.30. The van der Waals surface area contributed by atoms with Gasteiger partial charge < -0.3 is 10.1 Å². The Kier molecular flexibility index (Phi) is 7.06. The Bertz CT molecular complexity index is 1320. The smallest absolute Gasteiger partial charge is 0.272 e. The van der Waals surface area contributed by atoms with Crippen LogP contribution < -0.4 is 15.6 Å². The summed E-state index contributed by atoms with van der Waals surface area (Å²) in [6.45, 7) is 3.07. The van der Waals surface area contributed by atoms with Crippen LogP contribution in [0.5, 0.6) is 5.75 Å². The number of ether oxygens (including phenoxy) is 1. The van der Waals surface area contributed by atoms with Crippen molar-refractivity contribution in [3.8, 4) is 5.75 Å². The van der Waals surface area contributed by atoms with E-state index in [1.165, 1.54) is 23.1 Å². The number of fused-ring (bicyclic) bond motifs is 3. The third-order valence-electron chi connectivity index (χ3n) is 5.01. The second-order valence-corrected chi connectivity index (χ2v) is 9.20. The third kappa shape index (κ3) is 4.78. The van der Waals surface area contributed by atoms with Gasteiger partial charge in [0.15, 0.2) is 5.16 Å². The topological polar surface area (TPSA) is 86.1 Å². The highest BCUT2D eigenvalue weighted by Gasteiger charge is 2.17. The fourth-order valence-corrected chi connectivity index (χ4v) is 5.21. The van der Waals surface area contributed by atoms with E-state index in [-0.39, 0.29) is 17.2 Å². The van der Waals surface area contributed by atoms with Gasteiger partial charge in [-0.05, 0) is 36.2 Å². The lowest BCUT2D eigenvalue weighted by atomic mass is 10.2. The molecule has 0 spiro atoms. The highest BCUT2D eigenvalue weighted by atomic mass is 32.2. The number of nitrogens with one attached hydrogen (secondary N) is 1. The molecule has 9 heteroatoms. The number of thiophene rings is 1. The van der Waals surface area contributed by atoms with Gasteiger partial charge in [-0.25, -0.2) is 9.97 Å². The van der Waals surface area contributed by atoms with Crippen LogP contribution in [0.2, 0.25) is 0 Å². The number of aromatic nitrogens is 3. The number of carbonyl (C=O) groups excluding carboxylic acids is 1. The fourth-order valence-electron chi connectivity index (χ4n) is 3.33. The van der Waals surface area contributed by atoms with E-state index >= 15 is 0 Å². The first-order valence-corrected chi connectivity index (χ1v) is 12.2. The second-order valence-electron chi connectivity index (χ2n) is 7.26. The summed E-state index contributed by atoms with van der Waals surface area (Å²) in [6, 6.07) is 11.4. The molecule has 1 amide bonds. The van der Waals surface area contributed by atoms with E-state index in [0.29, 0.717) is 28.5 Å². The number of nitrogens with zero attached hydrogens (tertiary/aromatic N) is 3. The Labute approximate surface area is 193 Å².